The summed E-state index contributed by atoms with van der Waals surface area (Å²) in [6, 6.07) is 3.30. The molecule has 20 heavy (non-hydrogen) atoms. The van der Waals surface area contributed by atoms with Crippen molar-refractivity contribution < 1.29 is 14.3 Å². The quantitative estimate of drug-likeness (QED) is 0.685. The fraction of sp³-hybridized carbons (Fsp3) is 0.500. The molecule has 108 valence electrons. The monoisotopic (exact) mass is 296 g/mol. The average molecular weight is 297 g/mol. The molecule has 0 bridgehead atoms. The van der Waals surface area contributed by atoms with Gasteiger partial charge in [-0.25, -0.2) is 4.98 Å². The number of hydrogen-bond donors (Lipinski definition) is 1. The Kier molecular flexibility index (Phi) is 5.35. The van der Waals surface area contributed by atoms with Gasteiger partial charge in [0.2, 0.25) is 0 Å². The summed E-state index contributed by atoms with van der Waals surface area (Å²) in [5.41, 5.74) is 0.410. The summed E-state index contributed by atoms with van der Waals surface area (Å²) in [5, 5.41) is 2.77. The maximum Gasteiger partial charge on any atom is 0.309 e. The lowest BCUT2D eigenvalue weighted by molar-refractivity contribution is -0.152. The molecule has 1 amide bonds. The Balaban J connectivity index is 1.77. The minimum Gasteiger partial charge on any atom is -0.455 e. The normalized spacial score (nSPS) is 15.7. The van der Waals surface area contributed by atoms with E-state index in [1.165, 1.54) is 12.6 Å². The van der Waals surface area contributed by atoms with Gasteiger partial charge < -0.3 is 10.1 Å². The van der Waals surface area contributed by atoms with Gasteiger partial charge in [0.15, 0.2) is 11.8 Å². The number of aromatic nitrogens is 1. The van der Waals surface area contributed by atoms with Crippen molar-refractivity contribution in [3.05, 3.63) is 23.5 Å². The van der Waals surface area contributed by atoms with Crippen LogP contribution in [0.1, 0.15) is 32.1 Å². The molecule has 0 unspecified atom stereocenters. The zero-order chi connectivity index (χ0) is 14.4. The van der Waals surface area contributed by atoms with Gasteiger partial charge in [0, 0.05) is 6.20 Å². The molecule has 5 nitrogen and oxygen atoms in total. The van der Waals surface area contributed by atoms with Crippen LogP contribution < -0.4 is 5.32 Å². The number of carbonyl (C=O) groups is 2. The standard InChI is InChI=1S/C14H17ClN2O3/c15-13-11(7-4-8-16-13)17-12(18)9-20-14(19)10-5-2-1-3-6-10/h4,7-8,10H,1-3,5-6,9H2,(H,17,18). The fourth-order valence-corrected chi connectivity index (χ4v) is 2.42. The van der Waals surface area contributed by atoms with Crippen LogP contribution in [0.25, 0.3) is 0 Å². The van der Waals surface area contributed by atoms with Crippen molar-refractivity contribution in [2.24, 2.45) is 5.92 Å². The second kappa shape index (κ2) is 7.24. The van der Waals surface area contributed by atoms with Crippen LogP contribution in [0.15, 0.2) is 18.3 Å². The van der Waals surface area contributed by atoms with Crippen molar-refractivity contribution in [1.82, 2.24) is 4.98 Å². The molecule has 1 heterocycles. The van der Waals surface area contributed by atoms with E-state index >= 15 is 0 Å². The predicted octanol–water partition coefficient (Wildman–Crippen LogP) is 2.80. The van der Waals surface area contributed by atoms with E-state index in [-0.39, 0.29) is 23.6 Å². The summed E-state index contributed by atoms with van der Waals surface area (Å²) in [6.07, 6.45) is 6.52. The number of rotatable bonds is 4. The van der Waals surface area contributed by atoms with Crippen LogP contribution in [0.4, 0.5) is 5.69 Å². The molecule has 0 aliphatic heterocycles. The first kappa shape index (κ1) is 14.8. The SMILES string of the molecule is O=C(COC(=O)C1CCCCC1)Nc1cccnc1Cl. The Morgan fingerprint density at radius 3 is 2.80 bits per heavy atom. The van der Waals surface area contributed by atoms with Gasteiger partial charge in [0.25, 0.3) is 5.91 Å². The topological polar surface area (TPSA) is 68.3 Å². The molecule has 1 saturated carbocycles. The van der Waals surface area contributed by atoms with Crippen molar-refractivity contribution in [2.75, 3.05) is 11.9 Å². The number of nitrogens with one attached hydrogen (secondary N) is 1. The van der Waals surface area contributed by atoms with Crippen LogP contribution in [0.3, 0.4) is 0 Å². The minimum absolute atomic E-state index is 0.0569. The van der Waals surface area contributed by atoms with Gasteiger partial charge in [0.1, 0.15) is 0 Å². The van der Waals surface area contributed by atoms with Gasteiger partial charge in [-0.1, -0.05) is 30.9 Å². The van der Waals surface area contributed by atoms with Crippen LogP contribution in [0, 0.1) is 5.92 Å². The summed E-state index contributed by atoms with van der Waals surface area (Å²) in [4.78, 5) is 27.3. The Bertz CT molecular complexity index is 487. The molecule has 1 aliphatic rings. The number of pyridine rings is 1. The first-order valence-electron chi connectivity index (χ1n) is 6.74. The highest BCUT2D eigenvalue weighted by Crippen LogP contribution is 2.24. The van der Waals surface area contributed by atoms with E-state index in [1.807, 2.05) is 0 Å². The van der Waals surface area contributed by atoms with Gasteiger partial charge in [-0.05, 0) is 25.0 Å². The van der Waals surface area contributed by atoms with E-state index in [1.54, 1.807) is 12.1 Å². The second-order valence-electron chi connectivity index (χ2n) is 4.83. The van der Waals surface area contributed by atoms with Crippen molar-refractivity contribution >= 4 is 29.2 Å². The maximum absolute atomic E-state index is 11.8. The molecule has 0 radical (unpaired) electrons. The molecule has 1 fully saturated rings. The average Bonchev–Trinajstić information content (AvgIpc) is 2.48. The van der Waals surface area contributed by atoms with Gasteiger partial charge in [-0.15, -0.1) is 0 Å². The van der Waals surface area contributed by atoms with E-state index in [0.29, 0.717) is 5.69 Å². The van der Waals surface area contributed by atoms with E-state index < -0.39 is 5.91 Å². The summed E-state index contributed by atoms with van der Waals surface area (Å²) >= 11 is 5.82. The van der Waals surface area contributed by atoms with Crippen molar-refractivity contribution in [3.8, 4) is 0 Å². The summed E-state index contributed by atoms with van der Waals surface area (Å²) in [7, 11) is 0. The van der Waals surface area contributed by atoms with E-state index in [0.717, 1.165) is 25.7 Å². The van der Waals surface area contributed by atoms with Crippen molar-refractivity contribution in [3.63, 3.8) is 0 Å². The smallest absolute Gasteiger partial charge is 0.309 e. The summed E-state index contributed by atoms with van der Waals surface area (Å²) in [5.74, 6) is -0.750. The lowest BCUT2D eigenvalue weighted by Crippen LogP contribution is -2.26. The predicted molar refractivity (Wildman–Crippen MR) is 75.4 cm³/mol. The number of amides is 1. The molecular formula is C14H17ClN2O3. The first-order chi connectivity index (χ1) is 9.66. The minimum atomic E-state index is -0.413. The Hall–Kier alpha value is -1.62. The second-order valence-corrected chi connectivity index (χ2v) is 5.19. The molecule has 1 aromatic heterocycles. The molecule has 1 aromatic rings. The zero-order valence-corrected chi connectivity index (χ0v) is 11.9. The van der Waals surface area contributed by atoms with Gasteiger partial charge >= 0.3 is 5.97 Å². The number of halogens is 1. The van der Waals surface area contributed by atoms with Gasteiger partial charge in [-0.3, -0.25) is 9.59 Å². The lowest BCUT2D eigenvalue weighted by Gasteiger charge is -2.19. The Labute approximate surface area is 122 Å². The first-order valence-corrected chi connectivity index (χ1v) is 7.11. The van der Waals surface area contributed by atoms with Gasteiger partial charge in [0.05, 0.1) is 11.6 Å². The van der Waals surface area contributed by atoms with Crippen LogP contribution in [-0.2, 0) is 14.3 Å². The zero-order valence-electron chi connectivity index (χ0n) is 11.1. The van der Waals surface area contributed by atoms with E-state index in [4.69, 9.17) is 16.3 Å². The molecule has 1 aliphatic carbocycles. The van der Waals surface area contributed by atoms with E-state index in [2.05, 4.69) is 10.3 Å². The fourth-order valence-electron chi connectivity index (χ4n) is 2.26. The summed E-state index contributed by atoms with van der Waals surface area (Å²) < 4.78 is 5.04. The molecule has 0 spiro atoms. The highest BCUT2D eigenvalue weighted by molar-refractivity contribution is 6.32. The van der Waals surface area contributed by atoms with Crippen molar-refractivity contribution in [1.29, 1.82) is 0 Å². The molecule has 6 heteroatoms. The number of carbonyl (C=O) groups excluding carboxylic acids is 2. The third kappa shape index (κ3) is 4.20. The number of nitrogens with zero attached hydrogens (tertiary/aromatic N) is 1. The van der Waals surface area contributed by atoms with Crippen LogP contribution in [0.5, 0.6) is 0 Å². The van der Waals surface area contributed by atoms with E-state index in [9.17, 15) is 9.59 Å². The largest absolute Gasteiger partial charge is 0.455 e. The number of esters is 1. The highest BCUT2D eigenvalue weighted by Gasteiger charge is 2.23. The molecule has 0 saturated heterocycles. The molecule has 0 aromatic carbocycles. The molecular weight excluding hydrogens is 280 g/mol. The summed E-state index contributed by atoms with van der Waals surface area (Å²) in [6.45, 7) is -0.291. The van der Waals surface area contributed by atoms with Crippen molar-refractivity contribution in [2.45, 2.75) is 32.1 Å². The number of hydrogen-bond acceptors (Lipinski definition) is 4. The maximum atomic E-state index is 11.8. The third-order valence-corrected chi connectivity index (χ3v) is 3.62. The van der Waals surface area contributed by atoms with Crippen LogP contribution in [0.2, 0.25) is 5.15 Å². The number of anilines is 1. The molecule has 0 atom stereocenters. The lowest BCUT2D eigenvalue weighted by atomic mass is 9.89. The van der Waals surface area contributed by atoms with Crippen LogP contribution in [-0.4, -0.2) is 23.5 Å². The number of ether oxygens (including phenoxy) is 1. The highest BCUT2D eigenvalue weighted by atomic mass is 35.5. The Morgan fingerprint density at radius 1 is 1.35 bits per heavy atom. The van der Waals surface area contributed by atoms with Crippen LogP contribution >= 0.6 is 11.6 Å². The molecule has 2 rings (SSSR count). The Morgan fingerprint density at radius 2 is 2.10 bits per heavy atom. The molecule has 1 N–H and O–H groups in total. The van der Waals surface area contributed by atoms with Gasteiger partial charge in [-0.2, -0.15) is 0 Å². The third-order valence-electron chi connectivity index (χ3n) is 3.32.